The molecule has 0 bridgehead atoms. The van der Waals surface area contributed by atoms with E-state index in [0.29, 0.717) is 11.3 Å². The Morgan fingerprint density at radius 3 is 2.43 bits per heavy atom. The summed E-state index contributed by atoms with van der Waals surface area (Å²) in [6.07, 6.45) is 6.61. The van der Waals surface area contributed by atoms with Crippen molar-refractivity contribution >= 4 is 21.6 Å². The SMILES string of the molecule is CN(c1ccccc1C(=O)NC1CCCCC1)S(C)(=O)=O. The van der Waals surface area contributed by atoms with E-state index in [9.17, 15) is 13.2 Å². The Morgan fingerprint density at radius 1 is 1.19 bits per heavy atom. The van der Waals surface area contributed by atoms with E-state index in [1.807, 2.05) is 0 Å². The molecular weight excluding hydrogens is 288 g/mol. The molecule has 0 aromatic heterocycles. The smallest absolute Gasteiger partial charge is 0.253 e. The molecule has 1 saturated carbocycles. The van der Waals surface area contributed by atoms with Gasteiger partial charge in [0.2, 0.25) is 10.0 Å². The van der Waals surface area contributed by atoms with Gasteiger partial charge < -0.3 is 5.32 Å². The largest absolute Gasteiger partial charge is 0.349 e. The number of amides is 1. The van der Waals surface area contributed by atoms with Crippen molar-refractivity contribution in [2.45, 2.75) is 38.1 Å². The van der Waals surface area contributed by atoms with E-state index in [2.05, 4.69) is 5.32 Å². The lowest BCUT2D eigenvalue weighted by atomic mass is 9.95. The number of rotatable bonds is 4. The van der Waals surface area contributed by atoms with Crippen molar-refractivity contribution in [1.82, 2.24) is 5.32 Å². The minimum Gasteiger partial charge on any atom is -0.349 e. The summed E-state index contributed by atoms with van der Waals surface area (Å²) < 4.78 is 24.5. The van der Waals surface area contributed by atoms with Crippen molar-refractivity contribution in [1.29, 1.82) is 0 Å². The molecule has 6 heteroatoms. The van der Waals surface area contributed by atoms with Gasteiger partial charge in [0, 0.05) is 13.1 Å². The topological polar surface area (TPSA) is 66.5 Å². The zero-order valence-electron chi connectivity index (χ0n) is 12.5. The predicted molar refractivity (Wildman–Crippen MR) is 84.0 cm³/mol. The first-order valence-corrected chi connectivity index (χ1v) is 9.08. The first-order chi connectivity index (χ1) is 9.89. The highest BCUT2D eigenvalue weighted by Gasteiger charge is 2.22. The maximum atomic E-state index is 12.4. The fraction of sp³-hybridized carbons (Fsp3) is 0.533. The fourth-order valence-electron chi connectivity index (χ4n) is 2.63. The van der Waals surface area contributed by atoms with Gasteiger partial charge in [-0.25, -0.2) is 8.42 Å². The van der Waals surface area contributed by atoms with E-state index in [4.69, 9.17) is 0 Å². The second-order valence-corrected chi connectivity index (χ2v) is 7.57. The molecule has 1 aliphatic carbocycles. The molecule has 21 heavy (non-hydrogen) atoms. The van der Waals surface area contributed by atoms with Crippen LogP contribution in [-0.2, 0) is 10.0 Å². The molecule has 0 radical (unpaired) electrons. The van der Waals surface area contributed by atoms with Crippen LogP contribution in [0.3, 0.4) is 0 Å². The number of carbonyl (C=O) groups is 1. The summed E-state index contributed by atoms with van der Waals surface area (Å²) in [4.78, 5) is 12.4. The molecule has 2 rings (SSSR count). The van der Waals surface area contributed by atoms with Gasteiger partial charge in [0.05, 0.1) is 17.5 Å². The Bertz CT molecular complexity index is 607. The lowest BCUT2D eigenvalue weighted by Crippen LogP contribution is -2.37. The minimum absolute atomic E-state index is 0.197. The molecule has 116 valence electrons. The number of sulfonamides is 1. The molecule has 5 nitrogen and oxygen atoms in total. The maximum Gasteiger partial charge on any atom is 0.253 e. The first-order valence-electron chi connectivity index (χ1n) is 7.23. The quantitative estimate of drug-likeness (QED) is 0.926. The third-order valence-electron chi connectivity index (χ3n) is 3.93. The molecule has 1 fully saturated rings. The van der Waals surface area contributed by atoms with Crippen molar-refractivity contribution < 1.29 is 13.2 Å². The third-order valence-corrected chi connectivity index (χ3v) is 5.12. The number of hydrogen-bond acceptors (Lipinski definition) is 3. The summed E-state index contributed by atoms with van der Waals surface area (Å²) in [5.41, 5.74) is 0.810. The predicted octanol–water partition coefficient (Wildman–Crippen LogP) is 2.14. The number of anilines is 1. The van der Waals surface area contributed by atoms with E-state index in [-0.39, 0.29) is 11.9 Å². The number of hydrogen-bond donors (Lipinski definition) is 1. The van der Waals surface area contributed by atoms with Gasteiger partial charge in [-0.05, 0) is 25.0 Å². The van der Waals surface area contributed by atoms with E-state index in [1.165, 1.54) is 13.5 Å². The number of nitrogens with one attached hydrogen (secondary N) is 1. The molecule has 0 heterocycles. The van der Waals surface area contributed by atoms with Crippen LogP contribution in [0.25, 0.3) is 0 Å². The normalized spacial score (nSPS) is 16.5. The van der Waals surface area contributed by atoms with Crippen molar-refractivity contribution in [3.05, 3.63) is 29.8 Å². The number of benzene rings is 1. The summed E-state index contributed by atoms with van der Waals surface area (Å²) in [5.74, 6) is -0.201. The van der Waals surface area contributed by atoms with Crippen LogP contribution in [0.2, 0.25) is 0 Å². The molecule has 0 saturated heterocycles. The van der Waals surface area contributed by atoms with Crippen LogP contribution >= 0.6 is 0 Å². The fourth-order valence-corrected chi connectivity index (χ4v) is 3.15. The Morgan fingerprint density at radius 2 is 1.81 bits per heavy atom. The zero-order chi connectivity index (χ0) is 15.5. The molecule has 0 aliphatic heterocycles. The average Bonchev–Trinajstić information content (AvgIpc) is 2.46. The van der Waals surface area contributed by atoms with Crippen LogP contribution in [-0.4, -0.2) is 33.7 Å². The Hall–Kier alpha value is -1.56. The van der Waals surface area contributed by atoms with Crippen LogP contribution in [0.1, 0.15) is 42.5 Å². The van der Waals surface area contributed by atoms with Gasteiger partial charge in [-0.2, -0.15) is 0 Å². The molecule has 1 N–H and O–H groups in total. The van der Waals surface area contributed by atoms with Crippen LogP contribution in [0.15, 0.2) is 24.3 Å². The number of carbonyl (C=O) groups excluding carboxylic acids is 1. The van der Waals surface area contributed by atoms with Gasteiger partial charge in [-0.1, -0.05) is 31.4 Å². The summed E-state index contributed by atoms with van der Waals surface area (Å²) in [6, 6.07) is 6.98. The standard InChI is InChI=1S/C15H22N2O3S/c1-17(21(2,19)20)14-11-7-6-10-13(14)15(18)16-12-8-4-3-5-9-12/h6-7,10-12H,3-5,8-9H2,1-2H3,(H,16,18). The maximum absolute atomic E-state index is 12.4. The first kappa shape index (κ1) is 15.8. The highest BCUT2D eigenvalue weighted by Crippen LogP contribution is 2.23. The highest BCUT2D eigenvalue weighted by atomic mass is 32.2. The molecule has 0 spiro atoms. The minimum atomic E-state index is -3.39. The number of para-hydroxylation sites is 1. The van der Waals surface area contributed by atoms with E-state index in [1.54, 1.807) is 24.3 Å². The molecule has 0 unspecified atom stereocenters. The van der Waals surface area contributed by atoms with Gasteiger partial charge in [0.25, 0.3) is 5.91 Å². The van der Waals surface area contributed by atoms with Crippen LogP contribution in [0, 0.1) is 0 Å². The summed E-state index contributed by atoms with van der Waals surface area (Å²) in [6.45, 7) is 0. The molecule has 1 amide bonds. The van der Waals surface area contributed by atoms with E-state index in [0.717, 1.165) is 36.2 Å². The number of nitrogens with zero attached hydrogens (tertiary/aromatic N) is 1. The van der Waals surface area contributed by atoms with Crippen LogP contribution in [0.4, 0.5) is 5.69 Å². The van der Waals surface area contributed by atoms with E-state index < -0.39 is 10.0 Å². The monoisotopic (exact) mass is 310 g/mol. The van der Waals surface area contributed by atoms with E-state index >= 15 is 0 Å². The lowest BCUT2D eigenvalue weighted by Gasteiger charge is -2.24. The lowest BCUT2D eigenvalue weighted by molar-refractivity contribution is 0.0928. The Kier molecular flexibility index (Phi) is 4.88. The van der Waals surface area contributed by atoms with Crippen LogP contribution < -0.4 is 9.62 Å². The third kappa shape index (κ3) is 3.97. The van der Waals surface area contributed by atoms with Gasteiger partial charge >= 0.3 is 0 Å². The van der Waals surface area contributed by atoms with Crippen molar-refractivity contribution in [3.8, 4) is 0 Å². The molecular formula is C15H22N2O3S. The molecule has 1 aromatic carbocycles. The highest BCUT2D eigenvalue weighted by molar-refractivity contribution is 7.92. The second-order valence-electron chi connectivity index (χ2n) is 5.56. The summed E-state index contributed by atoms with van der Waals surface area (Å²) in [7, 11) is -1.93. The zero-order valence-corrected chi connectivity index (χ0v) is 13.3. The molecule has 1 aliphatic rings. The average molecular weight is 310 g/mol. The Labute approximate surface area is 126 Å². The molecule has 1 aromatic rings. The van der Waals surface area contributed by atoms with Gasteiger partial charge in [-0.15, -0.1) is 0 Å². The summed E-state index contributed by atoms with van der Waals surface area (Å²) in [5, 5.41) is 3.02. The van der Waals surface area contributed by atoms with Gasteiger partial charge in [0.1, 0.15) is 0 Å². The second kappa shape index (κ2) is 6.47. The summed E-state index contributed by atoms with van der Waals surface area (Å²) >= 11 is 0. The molecule has 0 atom stereocenters. The van der Waals surface area contributed by atoms with Crippen molar-refractivity contribution in [3.63, 3.8) is 0 Å². The van der Waals surface area contributed by atoms with Crippen molar-refractivity contribution in [2.24, 2.45) is 0 Å². The van der Waals surface area contributed by atoms with Crippen LogP contribution in [0.5, 0.6) is 0 Å². The van der Waals surface area contributed by atoms with Gasteiger partial charge in [0.15, 0.2) is 0 Å². The Balaban J connectivity index is 2.21. The van der Waals surface area contributed by atoms with Gasteiger partial charge in [-0.3, -0.25) is 9.10 Å². The van der Waals surface area contributed by atoms with Crippen molar-refractivity contribution in [2.75, 3.05) is 17.6 Å².